The van der Waals surface area contributed by atoms with E-state index >= 15 is 0 Å². The van der Waals surface area contributed by atoms with Gasteiger partial charge in [-0.25, -0.2) is 0 Å². The van der Waals surface area contributed by atoms with Crippen molar-refractivity contribution in [1.29, 1.82) is 0 Å². The van der Waals surface area contributed by atoms with Gasteiger partial charge in [-0.2, -0.15) is 0 Å². The molecule has 0 bridgehead atoms. The van der Waals surface area contributed by atoms with Crippen LogP contribution < -0.4 is 5.32 Å². The summed E-state index contributed by atoms with van der Waals surface area (Å²) in [6.45, 7) is 7.37. The van der Waals surface area contributed by atoms with Crippen molar-refractivity contribution in [2.75, 3.05) is 13.6 Å². The molecule has 1 N–H and O–H groups in total. The second kappa shape index (κ2) is 5.43. The van der Waals surface area contributed by atoms with Crippen LogP contribution in [-0.4, -0.2) is 13.6 Å². The fourth-order valence-corrected chi connectivity index (χ4v) is 2.53. The lowest BCUT2D eigenvalue weighted by Gasteiger charge is -2.31. The molecule has 1 nitrogen and oxygen atoms in total. The van der Waals surface area contributed by atoms with Crippen LogP contribution in [0.5, 0.6) is 0 Å². The minimum absolute atomic E-state index is 0.899. The average molecular weight is 181 g/mol. The van der Waals surface area contributed by atoms with Crippen LogP contribution in [0.3, 0.4) is 0 Å². The maximum atomic E-state index is 4.02. The van der Waals surface area contributed by atoms with Gasteiger partial charge in [-0.1, -0.05) is 18.4 Å². The van der Waals surface area contributed by atoms with Crippen LogP contribution in [0.2, 0.25) is 0 Å². The van der Waals surface area contributed by atoms with Crippen LogP contribution in [0.15, 0.2) is 12.2 Å². The van der Waals surface area contributed by atoms with Crippen molar-refractivity contribution < 1.29 is 0 Å². The number of rotatable bonds is 4. The van der Waals surface area contributed by atoms with Crippen molar-refractivity contribution in [3.8, 4) is 0 Å². The van der Waals surface area contributed by atoms with Gasteiger partial charge in [0.2, 0.25) is 0 Å². The number of hydrogen-bond acceptors (Lipinski definition) is 1. The minimum atomic E-state index is 0.899. The van der Waals surface area contributed by atoms with Crippen molar-refractivity contribution in [3.63, 3.8) is 0 Å². The lowest BCUT2D eigenvalue weighted by Crippen LogP contribution is -2.28. The van der Waals surface area contributed by atoms with Gasteiger partial charge >= 0.3 is 0 Å². The summed E-state index contributed by atoms with van der Waals surface area (Å²) in [6.07, 6.45) is 6.93. The van der Waals surface area contributed by atoms with Crippen LogP contribution >= 0.6 is 0 Å². The van der Waals surface area contributed by atoms with Crippen LogP contribution in [0.1, 0.15) is 39.0 Å². The van der Waals surface area contributed by atoms with Crippen molar-refractivity contribution in [2.24, 2.45) is 11.8 Å². The first kappa shape index (κ1) is 10.8. The second-order valence-electron chi connectivity index (χ2n) is 4.52. The Hall–Kier alpha value is -0.300. The molecule has 2 unspecified atom stereocenters. The molecule has 1 rings (SSSR count). The molecule has 0 aromatic carbocycles. The summed E-state index contributed by atoms with van der Waals surface area (Å²) in [6, 6.07) is 0. The maximum Gasteiger partial charge on any atom is -0.00208 e. The van der Waals surface area contributed by atoms with E-state index in [9.17, 15) is 0 Å². The van der Waals surface area contributed by atoms with E-state index in [0.717, 1.165) is 11.8 Å². The highest BCUT2D eigenvalue weighted by Crippen LogP contribution is 2.33. The Bertz CT molecular complexity index is 161. The Kier molecular flexibility index (Phi) is 4.51. The molecule has 0 aliphatic heterocycles. The highest BCUT2D eigenvalue weighted by atomic mass is 14.8. The summed E-state index contributed by atoms with van der Waals surface area (Å²) in [5.41, 5.74) is 1.35. The molecule has 76 valence electrons. The van der Waals surface area contributed by atoms with Gasteiger partial charge < -0.3 is 5.32 Å². The molecule has 0 heterocycles. The first-order valence-electron chi connectivity index (χ1n) is 5.53. The van der Waals surface area contributed by atoms with E-state index in [1.54, 1.807) is 0 Å². The summed E-state index contributed by atoms with van der Waals surface area (Å²) in [4.78, 5) is 0. The first-order chi connectivity index (χ1) is 6.24. The second-order valence-corrected chi connectivity index (χ2v) is 4.52. The van der Waals surface area contributed by atoms with Gasteiger partial charge in [-0.15, -0.1) is 6.58 Å². The monoisotopic (exact) mass is 181 g/mol. The normalized spacial score (nSPS) is 28.8. The SMILES string of the molecule is C=C(C)CC1CCCCC1CNC. The summed E-state index contributed by atoms with van der Waals surface area (Å²) in [5.74, 6) is 1.80. The van der Waals surface area contributed by atoms with Gasteiger partial charge in [0.25, 0.3) is 0 Å². The molecular weight excluding hydrogens is 158 g/mol. The summed E-state index contributed by atoms with van der Waals surface area (Å²) in [7, 11) is 2.06. The smallest absolute Gasteiger partial charge is 0.00208 e. The van der Waals surface area contributed by atoms with Gasteiger partial charge in [0, 0.05) is 0 Å². The van der Waals surface area contributed by atoms with E-state index in [0.29, 0.717) is 0 Å². The van der Waals surface area contributed by atoms with E-state index in [4.69, 9.17) is 0 Å². The Morgan fingerprint density at radius 1 is 1.31 bits per heavy atom. The first-order valence-corrected chi connectivity index (χ1v) is 5.53. The molecule has 1 aliphatic rings. The zero-order valence-electron chi connectivity index (χ0n) is 9.10. The highest BCUT2D eigenvalue weighted by molar-refractivity contribution is 4.93. The fourth-order valence-electron chi connectivity index (χ4n) is 2.53. The zero-order chi connectivity index (χ0) is 9.68. The summed E-state index contributed by atoms with van der Waals surface area (Å²) < 4.78 is 0. The average Bonchev–Trinajstić information content (AvgIpc) is 2.08. The number of allylic oxidation sites excluding steroid dienone is 1. The third-order valence-electron chi connectivity index (χ3n) is 3.14. The third-order valence-corrected chi connectivity index (χ3v) is 3.14. The molecule has 0 aromatic heterocycles. The topological polar surface area (TPSA) is 12.0 Å². The molecule has 0 radical (unpaired) electrons. The predicted octanol–water partition coefficient (Wildman–Crippen LogP) is 2.98. The Morgan fingerprint density at radius 3 is 2.46 bits per heavy atom. The fraction of sp³-hybridized carbons (Fsp3) is 0.833. The molecule has 0 amide bonds. The zero-order valence-corrected chi connectivity index (χ0v) is 9.10. The van der Waals surface area contributed by atoms with Crippen LogP contribution in [-0.2, 0) is 0 Å². The molecule has 1 heteroatoms. The largest absolute Gasteiger partial charge is 0.319 e. The van der Waals surface area contributed by atoms with Crippen molar-refractivity contribution in [2.45, 2.75) is 39.0 Å². The molecule has 13 heavy (non-hydrogen) atoms. The van der Waals surface area contributed by atoms with E-state index < -0.39 is 0 Å². The molecule has 1 saturated carbocycles. The molecule has 1 aliphatic carbocycles. The van der Waals surface area contributed by atoms with Gasteiger partial charge in [-0.05, 0) is 51.6 Å². The van der Waals surface area contributed by atoms with Crippen molar-refractivity contribution in [3.05, 3.63) is 12.2 Å². The summed E-state index contributed by atoms with van der Waals surface area (Å²) >= 11 is 0. The van der Waals surface area contributed by atoms with E-state index in [1.165, 1.54) is 44.2 Å². The van der Waals surface area contributed by atoms with Gasteiger partial charge in [0.1, 0.15) is 0 Å². The molecule has 0 spiro atoms. The van der Waals surface area contributed by atoms with Crippen LogP contribution in [0.4, 0.5) is 0 Å². The minimum Gasteiger partial charge on any atom is -0.319 e. The Morgan fingerprint density at radius 2 is 1.92 bits per heavy atom. The lowest BCUT2D eigenvalue weighted by molar-refractivity contribution is 0.232. The van der Waals surface area contributed by atoms with Gasteiger partial charge in [-0.3, -0.25) is 0 Å². The predicted molar refractivity (Wildman–Crippen MR) is 58.8 cm³/mol. The van der Waals surface area contributed by atoms with Gasteiger partial charge in [0.15, 0.2) is 0 Å². The molecule has 2 atom stereocenters. The Balaban J connectivity index is 2.41. The summed E-state index contributed by atoms with van der Waals surface area (Å²) in [5, 5.41) is 3.31. The third kappa shape index (κ3) is 3.51. The van der Waals surface area contributed by atoms with Crippen molar-refractivity contribution in [1.82, 2.24) is 5.32 Å². The molecule has 0 aromatic rings. The maximum absolute atomic E-state index is 4.02. The standard InChI is InChI=1S/C12H23N/c1-10(2)8-11-6-4-5-7-12(11)9-13-3/h11-13H,1,4-9H2,2-3H3. The van der Waals surface area contributed by atoms with Crippen LogP contribution in [0, 0.1) is 11.8 Å². The molecular formula is C12H23N. The Labute approximate surface area is 82.6 Å². The number of hydrogen-bond donors (Lipinski definition) is 1. The van der Waals surface area contributed by atoms with E-state index in [1.807, 2.05) is 0 Å². The quantitative estimate of drug-likeness (QED) is 0.657. The molecule has 1 fully saturated rings. The van der Waals surface area contributed by atoms with Crippen molar-refractivity contribution >= 4 is 0 Å². The van der Waals surface area contributed by atoms with E-state index in [2.05, 4.69) is 25.9 Å². The van der Waals surface area contributed by atoms with Crippen LogP contribution in [0.25, 0.3) is 0 Å². The molecule has 0 saturated heterocycles. The highest BCUT2D eigenvalue weighted by Gasteiger charge is 2.23. The van der Waals surface area contributed by atoms with Gasteiger partial charge in [0.05, 0.1) is 0 Å². The lowest BCUT2D eigenvalue weighted by atomic mass is 9.76. The van der Waals surface area contributed by atoms with E-state index in [-0.39, 0.29) is 0 Å². The number of nitrogens with one attached hydrogen (secondary N) is 1.